The summed E-state index contributed by atoms with van der Waals surface area (Å²) in [5.41, 5.74) is 7.62. The molecule has 0 saturated carbocycles. The Morgan fingerprint density at radius 2 is 1.58 bits per heavy atom. The maximum Gasteiger partial charge on any atom is 0.127 e. The van der Waals surface area contributed by atoms with E-state index in [0.29, 0.717) is 15.9 Å². The van der Waals surface area contributed by atoms with Crippen LogP contribution in [0.5, 0.6) is 0 Å². The van der Waals surface area contributed by atoms with Gasteiger partial charge in [-0.2, -0.15) is 5.10 Å². The number of hydrogen-bond acceptors (Lipinski definition) is 2. The highest BCUT2D eigenvalue weighted by Gasteiger charge is 2.19. The van der Waals surface area contributed by atoms with Crippen molar-refractivity contribution in [3.63, 3.8) is 0 Å². The molecule has 0 bridgehead atoms. The van der Waals surface area contributed by atoms with Crippen LogP contribution in [-0.4, -0.2) is 9.78 Å². The molecule has 0 spiro atoms. The number of aromatic nitrogens is 2. The second-order valence-corrected chi connectivity index (χ2v) is 6.12. The van der Waals surface area contributed by atoms with Gasteiger partial charge in [0.15, 0.2) is 0 Å². The number of hydrogen-bond donors (Lipinski definition) is 1. The predicted molar refractivity (Wildman–Crippen MR) is 83.9 cm³/mol. The molecule has 2 aromatic rings. The maximum absolute atomic E-state index is 5.98. The SMILES string of the molecule is CC(C)(C)c1cc(N)n(-c2cc(Cl)cc(Cl)c2)n1.Cl. The van der Waals surface area contributed by atoms with E-state index in [2.05, 4.69) is 25.9 Å². The molecular weight excluding hydrogens is 305 g/mol. The van der Waals surface area contributed by atoms with E-state index in [0.717, 1.165) is 11.4 Å². The molecule has 0 fully saturated rings. The highest BCUT2D eigenvalue weighted by molar-refractivity contribution is 6.34. The fourth-order valence-corrected chi connectivity index (χ4v) is 2.14. The van der Waals surface area contributed by atoms with Crippen molar-refractivity contribution in [2.24, 2.45) is 0 Å². The van der Waals surface area contributed by atoms with Gasteiger partial charge in [0, 0.05) is 21.5 Å². The molecule has 1 aromatic carbocycles. The van der Waals surface area contributed by atoms with Gasteiger partial charge in [-0.25, -0.2) is 4.68 Å². The highest BCUT2D eigenvalue weighted by Crippen LogP contribution is 2.27. The minimum Gasteiger partial charge on any atom is -0.384 e. The first-order chi connectivity index (χ1) is 8.27. The van der Waals surface area contributed by atoms with Gasteiger partial charge in [0.25, 0.3) is 0 Å². The topological polar surface area (TPSA) is 43.8 Å². The first-order valence-electron chi connectivity index (χ1n) is 5.60. The molecule has 0 radical (unpaired) electrons. The van der Waals surface area contributed by atoms with Gasteiger partial charge in [-0.3, -0.25) is 0 Å². The van der Waals surface area contributed by atoms with E-state index in [-0.39, 0.29) is 17.8 Å². The van der Waals surface area contributed by atoms with Crippen molar-refractivity contribution in [3.05, 3.63) is 40.0 Å². The monoisotopic (exact) mass is 319 g/mol. The molecule has 0 aliphatic heterocycles. The third-order valence-corrected chi connectivity index (χ3v) is 3.03. The molecule has 0 atom stereocenters. The minimum absolute atomic E-state index is 0. The molecule has 0 aliphatic rings. The van der Waals surface area contributed by atoms with E-state index < -0.39 is 0 Å². The summed E-state index contributed by atoms with van der Waals surface area (Å²) in [5.74, 6) is 0.568. The Bertz CT molecular complexity index is 565. The predicted octanol–water partition coefficient (Wildman–Crippen LogP) is 4.48. The van der Waals surface area contributed by atoms with Crippen molar-refractivity contribution in [3.8, 4) is 5.69 Å². The zero-order chi connectivity index (χ0) is 13.5. The molecule has 6 heteroatoms. The summed E-state index contributed by atoms with van der Waals surface area (Å²) >= 11 is 12.0. The van der Waals surface area contributed by atoms with Gasteiger partial charge in [-0.15, -0.1) is 12.4 Å². The van der Waals surface area contributed by atoms with E-state index in [1.807, 2.05) is 6.07 Å². The number of anilines is 1. The Morgan fingerprint density at radius 3 is 2.00 bits per heavy atom. The molecule has 3 nitrogen and oxygen atoms in total. The van der Waals surface area contributed by atoms with E-state index in [1.165, 1.54) is 0 Å². The summed E-state index contributed by atoms with van der Waals surface area (Å²) in [4.78, 5) is 0. The molecular formula is C13H16Cl3N3. The lowest BCUT2D eigenvalue weighted by Gasteiger charge is -2.14. The van der Waals surface area contributed by atoms with E-state index >= 15 is 0 Å². The fraction of sp³-hybridized carbons (Fsp3) is 0.308. The van der Waals surface area contributed by atoms with Crippen LogP contribution in [0, 0.1) is 0 Å². The number of nitrogen functional groups attached to an aromatic ring is 1. The number of benzene rings is 1. The number of rotatable bonds is 1. The third-order valence-electron chi connectivity index (χ3n) is 2.60. The highest BCUT2D eigenvalue weighted by atomic mass is 35.5. The zero-order valence-electron chi connectivity index (χ0n) is 10.9. The average molecular weight is 321 g/mol. The molecule has 104 valence electrons. The lowest BCUT2D eigenvalue weighted by Crippen LogP contribution is -2.12. The fourth-order valence-electron chi connectivity index (χ4n) is 1.63. The van der Waals surface area contributed by atoms with Crippen molar-refractivity contribution >= 4 is 41.4 Å². The quantitative estimate of drug-likeness (QED) is 0.842. The Hall–Kier alpha value is -0.900. The Labute approximate surface area is 129 Å². The van der Waals surface area contributed by atoms with Crippen LogP contribution in [0.4, 0.5) is 5.82 Å². The largest absolute Gasteiger partial charge is 0.384 e. The lowest BCUT2D eigenvalue weighted by molar-refractivity contribution is 0.560. The molecule has 1 heterocycles. The van der Waals surface area contributed by atoms with Crippen LogP contribution >= 0.6 is 35.6 Å². The second kappa shape index (κ2) is 5.61. The number of nitrogens with two attached hydrogens (primary N) is 1. The Morgan fingerprint density at radius 1 is 1.05 bits per heavy atom. The van der Waals surface area contributed by atoms with Crippen LogP contribution < -0.4 is 5.73 Å². The molecule has 2 rings (SSSR count). The molecule has 0 saturated heterocycles. The molecule has 1 aromatic heterocycles. The first kappa shape index (κ1) is 16.2. The number of nitrogens with zero attached hydrogens (tertiary/aromatic N) is 2. The van der Waals surface area contributed by atoms with Crippen LogP contribution in [0.2, 0.25) is 10.0 Å². The third kappa shape index (κ3) is 3.56. The van der Waals surface area contributed by atoms with E-state index in [4.69, 9.17) is 28.9 Å². The lowest BCUT2D eigenvalue weighted by atomic mass is 9.92. The summed E-state index contributed by atoms with van der Waals surface area (Å²) < 4.78 is 1.65. The van der Waals surface area contributed by atoms with Crippen molar-refractivity contribution in [1.82, 2.24) is 9.78 Å². The summed E-state index contributed by atoms with van der Waals surface area (Å²) in [6.07, 6.45) is 0. The van der Waals surface area contributed by atoms with Gasteiger partial charge in [0.1, 0.15) is 5.82 Å². The first-order valence-corrected chi connectivity index (χ1v) is 6.35. The maximum atomic E-state index is 5.98. The smallest absolute Gasteiger partial charge is 0.127 e. The van der Waals surface area contributed by atoms with Gasteiger partial charge in [-0.05, 0) is 18.2 Å². The summed E-state index contributed by atoms with van der Waals surface area (Å²) in [7, 11) is 0. The van der Waals surface area contributed by atoms with E-state index in [9.17, 15) is 0 Å². The summed E-state index contributed by atoms with van der Waals surface area (Å²) in [5, 5.41) is 5.63. The normalized spacial score (nSPS) is 11.2. The van der Waals surface area contributed by atoms with Gasteiger partial charge in [0.05, 0.1) is 11.4 Å². The van der Waals surface area contributed by atoms with Crippen LogP contribution in [0.1, 0.15) is 26.5 Å². The van der Waals surface area contributed by atoms with Crippen molar-refractivity contribution in [1.29, 1.82) is 0 Å². The Kier molecular flexibility index (Phi) is 4.77. The van der Waals surface area contributed by atoms with Crippen LogP contribution in [0.3, 0.4) is 0 Å². The Balaban J connectivity index is 0.00000180. The second-order valence-electron chi connectivity index (χ2n) is 5.24. The van der Waals surface area contributed by atoms with E-state index in [1.54, 1.807) is 22.9 Å². The van der Waals surface area contributed by atoms with Gasteiger partial charge in [0.2, 0.25) is 0 Å². The van der Waals surface area contributed by atoms with Gasteiger partial charge in [-0.1, -0.05) is 44.0 Å². The van der Waals surface area contributed by atoms with Crippen molar-refractivity contribution in [2.75, 3.05) is 5.73 Å². The van der Waals surface area contributed by atoms with Crippen LogP contribution in [0.25, 0.3) is 5.69 Å². The van der Waals surface area contributed by atoms with Crippen LogP contribution in [-0.2, 0) is 5.41 Å². The molecule has 0 amide bonds. The molecule has 19 heavy (non-hydrogen) atoms. The summed E-state index contributed by atoms with van der Waals surface area (Å²) in [6.45, 7) is 6.26. The van der Waals surface area contributed by atoms with Crippen molar-refractivity contribution < 1.29 is 0 Å². The molecule has 0 unspecified atom stereocenters. The summed E-state index contributed by atoms with van der Waals surface area (Å²) in [6, 6.07) is 7.11. The zero-order valence-corrected chi connectivity index (χ0v) is 13.3. The molecule has 2 N–H and O–H groups in total. The van der Waals surface area contributed by atoms with Gasteiger partial charge < -0.3 is 5.73 Å². The van der Waals surface area contributed by atoms with Crippen LogP contribution in [0.15, 0.2) is 24.3 Å². The average Bonchev–Trinajstić information content (AvgIpc) is 2.58. The van der Waals surface area contributed by atoms with Gasteiger partial charge >= 0.3 is 0 Å². The minimum atomic E-state index is -0.0538. The number of halogens is 3. The molecule has 0 aliphatic carbocycles. The standard InChI is InChI=1S/C13H15Cl2N3.ClH/c1-13(2,3)11-7-12(16)18(17-11)10-5-8(14)4-9(15)6-10;/h4-7H,16H2,1-3H3;1H. The van der Waals surface area contributed by atoms with Crippen molar-refractivity contribution in [2.45, 2.75) is 26.2 Å².